The van der Waals surface area contributed by atoms with Crippen LogP contribution in [0.1, 0.15) is 11.1 Å². The molecule has 122 valence electrons. The van der Waals surface area contributed by atoms with Crippen molar-refractivity contribution in [3.63, 3.8) is 0 Å². The van der Waals surface area contributed by atoms with Crippen LogP contribution in [0.15, 0.2) is 53.0 Å². The van der Waals surface area contributed by atoms with Crippen molar-refractivity contribution in [3.05, 3.63) is 64.1 Å². The van der Waals surface area contributed by atoms with Crippen molar-refractivity contribution >= 4 is 15.9 Å². The standard InChI is InChI=1S/C18H19BrO4/c1-21-16-7-5-13(6-8-16)10-23-17-11-22-12-18(17,20)14-3-2-4-15(19)9-14/h2-9,17,20H,10-12H2,1H3. The van der Waals surface area contributed by atoms with E-state index in [4.69, 9.17) is 14.2 Å². The van der Waals surface area contributed by atoms with Crippen molar-refractivity contribution in [1.82, 2.24) is 0 Å². The highest BCUT2D eigenvalue weighted by molar-refractivity contribution is 9.10. The summed E-state index contributed by atoms with van der Waals surface area (Å²) in [5, 5.41) is 11.0. The average Bonchev–Trinajstić information content (AvgIpc) is 2.95. The molecule has 0 amide bonds. The molecule has 0 bridgehead atoms. The van der Waals surface area contributed by atoms with E-state index in [-0.39, 0.29) is 6.61 Å². The number of methoxy groups -OCH3 is 1. The lowest BCUT2D eigenvalue weighted by Crippen LogP contribution is -2.40. The topological polar surface area (TPSA) is 47.9 Å². The summed E-state index contributed by atoms with van der Waals surface area (Å²) in [6.45, 7) is 1.02. The Balaban J connectivity index is 1.71. The Labute approximate surface area is 144 Å². The van der Waals surface area contributed by atoms with E-state index in [1.165, 1.54) is 0 Å². The molecule has 1 aliphatic heterocycles. The smallest absolute Gasteiger partial charge is 0.141 e. The van der Waals surface area contributed by atoms with E-state index in [1.54, 1.807) is 7.11 Å². The van der Waals surface area contributed by atoms with E-state index in [9.17, 15) is 5.11 Å². The van der Waals surface area contributed by atoms with Crippen LogP contribution < -0.4 is 4.74 Å². The largest absolute Gasteiger partial charge is 0.497 e. The van der Waals surface area contributed by atoms with Crippen molar-refractivity contribution in [2.75, 3.05) is 20.3 Å². The van der Waals surface area contributed by atoms with Crippen molar-refractivity contribution < 1.29 is 19.3 Å². The molecule has 0 radical (unpaired) electrons. The van der Waals surface area contributed by atoms with Gasteiger partial charge in [-0.3, -0.25) is 0 Å². The number of ether oxygens (including phenoxy) is 3. The molecular weight excluding hydrogens is 360 g/mol. The van der Waals surface area contributed by atoms with Gasteiger partial charge in [-0.1, -0.05) is 40.2 Å². The minimum Gasteiger partial charge on any atom is -0.497 e. The van der Waals surface area contributed by atoms with Crippen molar-refractivity contribution in [1.29, 1.82) is 0 Å². The average molecular weight is 379 g/mol. The lowest BCUT2D eigenvalue weighted by molar-refractivity contribution is -0.0894. The molecule has 2 aromatic rings. The molecule has 23 heavy (non-hydrogen) atoms. The number of aliphatic hydroxyl groups is 1. The zero-order chi connectivity index (χ0) is 16.3. The summed E-state index contributed by atoms with van der Waals surface area (Å²) >= 11 is 3.44. The number of halogens is 1. The van der Waals surface area contributed by atoms with Gasteiger partial charge in [0.1, 0.15) is 17.5 Å². The summed E-state index contributed by atoms with van der Waals surface area (Å²) in [4.78, 5) is 0. The quantitative estimate of drug-likeness (QED) is 0.867. The third-order valence-corrected chi connectivity index (χ3v) is 4.55. The van der Waals surface area contributed by atoms with Gasteiger partial charge in [-0.25, -0.2) is 0 Å². The number of rotatable bonds is 5. The third kappa shape index (κ3) is 3.58. The van der Waals surface area contributed by atoms with Gasteiger partial charge < -0.3 is 19.3 Å². The fraction of sp³-hybridized carbons (Fsp3) is 0.333. The van der Waals surface area contributed by atoms with Gasteiger partial charge in [-0.2, -0.15) is 0 Å². The molecular formula is C18H19BrO4. The van der Waals surface area contributed by atoms with E-state index in [1.807, 2.05) is 48.5 Å². The SMILES string of the molecule is COc1ccc(COC2COCC2(O)c2cccc(Br)c2)cc1. The normalized spacial score (nSPS) is 23.9. The molecule has 2 atom stereocenters. The van der Waals surface area contributed by atoms with Gasteiger partial charge in [0.25, 0.3) is 0 Å². The predicted molar refractivity (Wildman–Crippen MR) is 90.4 cm³/mol. The van der Waals surface area contributed by atoms with Gasteiger partial charge in [0.2, 0.25) is 0 Å². The minimum absolute atomic E-state index is 0.233. The summed E-state index contributed by atoms with van der Waals surface area (Å²) in [5.74, 6) is 0.809. The molecule has 0 spiro atoms. The highest BCUT2D eigenvalue weighted by atomic mass is 79.9. The second-order valence-electron chi connectivity index (χ2n) is 5.60. The van der Waals surface area contributed by atoms with Crippen LogP contribution >= 0.6 is 15.9 Å². The van der Waals surface area contributed by atoms with Crippen LogP contribution in [0.25, 0.3) is 0 Å². The molecule has 1 N–H and O–H groups in total. The van der Waals surface area contributed by atoms with Gasteiger partial charge in [-0.05, 0) is 35.4 Å². The summed E-state index contributed by atoms with van der Waals surface area (Å²) in [5.41, 5.74) is 0.689. The van der Waals surface area contributed by atoms with Crippen molar-refractivity contribution in [2.24, 2.45) is 0 Å². The Hall–Kier alpha value is -1.40. The Morgan fingerprint density at radius 1 is 1.26 bits per heavy atom. The van der Waals surface area contributed by atoms with Crippen LogP contribution in [0.5, 0.6) is 5.75 Å². The zero-order valence-electron chi connectivity index (χ0n) is 12.9. The summed E-state index contributed by atoms with van der Waals surface area (Å²) in [7, 11) is 1.64. The van der Waals surface area contributed by atoms with E-state index >= 15 is 0 Å². The molecule has 0 aromatic heterocycles. The Morgan fingerprint density at radius 3 is 2.74 bits per heavy atom. The van der Waals surface area contributed by atoms with Crippen LogP contribution in [0.2, 0.25) is 0 Å². The van der Waals surface area contributed by atoms with Gasteiger partial charge in [-0.15, -0.1) is 0 Å². The molecule has 5 heteroatoms. The lowest BCUT2D eigenvalue weighted by atomic mass is 9.91. The molecule has 0 aliphatic carbocycles. The van der Waals surface area contributed by atoms with Gasteiger partial charge in [0.15, 0.2) is 0 Å². The minimum atomic E-state index is -1.13. The number of benzene rings is 2. The molecule has 2 aromatic carbocycles. The molecule has 1 heterocycles. The molecule has 1 aliphatic rings. The molecule has 0 saturated carbocycles. The molecule has 4 nitrogen and oxygen atoms in total. The Kier molecular flexibility index (Phi) is 5.02. The number of hydrogen-bond donors (Lipinski definition) is 1. The number of hydrogen-bond acceptors (Lipinski definition) is 4. The second-order valence-corrected chi connectivity index (χ2v) is 6.51. The van der Waals surface area contributed by atoms with Crippen LogP contribution in [-0.2, 0) is 21.7 Å². The third-order valence-electron chi connectivity index (χ3n) is 4.06. The van der Waals surface area contributed by atoms with Crippen LogP contribution in [0, 0.1) is 0 Å². The predicted octanol–water partition coefficient (Wildman–Crippen LogP) is 3.26. The first-order valence-corrected chi connectivity index (χ1v) is 8.22. The summed E-state index contributed by atoms with van der Waals surface area (Å²) < 4.78 is 17.5. The molecule has 2 unspecified atom stereocenters. The maximum atomic E-state index is 11.0. The fourth-order valence-electron chi connectivity index (χ4n) is 2.68. The van der Waals surface area contributed by atoms with E-state index in [0.717, 1.165) is 21.3 Å². The van der Waals surface area contributed by atoms with Crippen LogP contribution in [0.4, 0.5) is 0 Å². The first-order chi connectivity index (χ1) is 11.1. The molecule has 1 saturated heterocycles. The van der Waals surface area contributed by atoms with Crippen LogP contribution in [0.3, 0.4) is 0 Å². The monoisotopic (exact) mass is 378 g/mol. The Morgan fingerprint density at radius 2 is 2.04 bits per heavy atom. The second kappa shape index (κ2) is 7.01. The zero-order valence-corrected chi connectivity index (χ0v) is 14.5. The van der Waals surface area contributed by atoms with Gasteiger partial charge >= 0.3 is 0 Å². The van der Waals surface area contributed by atoms with Crippen molar-refractivity contribution in [2.45, 2.75) is 18.3 Å². The van der Waals surface area contributed by atoms with Crippen molar-refractivity contribution in [3.8, 4) is 5.75 Å². The first-order valence-electron chi connectivity index (χ1n) is 7.42. The molecule has 1 fully saturated rings. The van der Waals surface area contributed by atoms with E-state index in [2.05, 4.69) is 15.9 Å². The first kappa shape index (κ1) is 16.5. The fourth-order valence-corrected chi connectivity index (χ4v) is 3.08. The lowest BCUT2D eigenvalue weighted by Gasteiger charge is -2.28. The van der Waals surface area contributed by atoms with Gasteiger partial charge in [0, 0.05) is 4.47 Å². The Bertz CT molecular complexity index is 658. The van der Waals surface area contributed by atoms with Crippen LogP contribution in [-0.4, -0.2) is 31.5 Å². The summed E-state index contributed by atoms with van der Waals surface area (Å²) in [6.07, 6.45) is -0.404. The highest BCUT2D eigenvalue weighted by Crippen LogP contribution is 2.34. The molecule has 3 rings (SSSR count). The highest BCUT2D eigenvalue weighted by Gasteiger charge is 2.45. The summed E-state index contributed by atoms with van der Waals surface area (Å²) in [6, 6.07) is 15.3. The van der Waals surface area contributed by atoms with E-state index in [0.29, 0.717) is 13.2 Å². The maximum Gasteiger partial charge on any atom is 0.141 e. The van der Waals surface area contributed by atoms with E-state index < -0.39 is 11.7 Å². The van der Waals surface area contributed by atoms with Gasteiger partial charge in [0.05, 0.1) is 26.9 Å². The maximum absolute atomic E-state index is 11.0.